The van der Waals surface area contributed by atoms with Crippen LogP contribution in [0.15, 0.2) is 18.2 Å². The summed E-state index contributed by atoms with van der Waals surface area (Å²) in [4.78, 5) is 2.51. The van der Waals surface area contributed by atoms with Gasteiger partial charge in [-0.05, 0) is 43.2 Å². The largest absolute Gasteiger partial charge is 0.370 e. The molecule has 1 aliphatic heterocycles. The lowest BCUT2D eigenvalue weighted by molar-refractivity contribution is 0.529. The van der Waals surface area contributed by atoms with Gasteiger partial charge in [0.2, 0.25) is 0 Å². The Morgan fingerprint density at radius 1 is 1.30 bits per heavy atom. The van der Waals surface area contributed by atoms with Gasteiger partial charge in [-0.3, -0.25) is 0 Å². The summed E-state index contributed by atoms with van der Waals surface area (Å²) in [6.45, 7) is 5.57. The second-order valence-corrected chi connectivity index (χ2v) is 6.70. The highest BCUT2D eigenvalue weighted by molar-refractivity contribution is 6.33. The molecule has 0 amide bonds. The third-order valence-electron chi connectivity index (χ3n) is 4.53. The van der Waals surface area contributed by atoms with Crippen LogP contribution in [0.3, 0.4) is 0 Å². The summed E-state index contributed by atoms with van der Waals surface area (Å²) in [5.41, 5.74) is 2.64. The maximum atomic E-state index is 6.50. The maximum absolute atomic E-state index is 6.50. The molecule has 1 atom stereocenters. The molecular weight excluding hydrogens is 268 g/mol. The second kappa shape index (κ2) is 6.36. The zero-order chi connectivity index (χ0) is 13.9. The molecule has 20 heavy (non-hydrogen) atoms. The Kier molecular flexibility index (Phi) is 4.52. The standard InChI is InChI=1S/C17H25ClN2/c1-2-4-13-9-10-20(12-13)17-14(5-3-6-16(17)18)11-19-15-7-8-15/h3,5-6,13,15,19H,2,4,7-12H2,1H3. The Morgan fingerprint density at radius 3 is 2.90 bits per heavy atom. The zero-order valence-corrected chi connectivity index (χ0v) is 13.1. The van der Waals surface area contributed by atoms with Crippen LogP contribution in [0.4, 0.5) is 5.69 Å². The van der Waals surface area contributed by atoms with Crippen molar-refractivity contribution in [3.05, 3.63) is 28.8 Å². The number of nitrogens with zero attached hydrogens (tertiary/aromatic N) is 1. The van der Waals surface area contributed by atoms with Gasteiger partial charge in [0.15, 0.2) is 0 Å². The predicted octanol–water partition coefficient (Wildman–Crippen LogP) is 4.22. The maximum Gasteiger partial charge on any atom is 0.0642 e. The third kappa shape index (κ3) is 3.29. The van der Waals surface area contributed by atoms with Crippen LogP contribution in [0.5, 0.6) is 0 Å². The number of para-hydroxylation sites is 1. The van der Waals surface area contributed by atoms with Gasteiger partial charge >= 0.3 is 0 Å². The highest BCUT2D eigenvalue weighted by Crippen LogP contribution is 2.35. The smallest absolute Gasteiger partial charge is 0.0642 e. The van der Waals surface area contributed by atoms with Gasteiger partial charge in [-0.25, -0.2) is 0 Å². The van der Waals surface area contributed by atoms with Gasteiger partial charge < -0.3 is 10.2 Å². The summed E-state index contributed by atoms with van der Waals surface area (Å²) in [7, 11) is 0. The van der Waals surface area contributed by atoms with Gasteiger partial charge in [0.05, 0.1) is 10.7 Å². The van der Waals surface area contributed by atoms with Crippen molar-refractivity contribution in [1.29, 1.82) is 0 Å². The van der Waals surface area contributed by atoms with Crippen LogP contribution in [0, 0.1) is 5.92 Å². The quantitative estimate of drug-likeness (QED) is 0.844. The number of hydrogen-bond donors (Lipinski definition) is 1. The van der Waals surface area contributed by atoms with E-state index in [2.05, 4.69) is 29.3 Å². The molecular formula is C17H25ClN2. The lowest BCUT2D eigenvalue weighted by Crippen LogP contribution is -2.24. The van der Waals surface area contributed by atoms with Crippen molar-refractivity contribution in [2.75, 3.05) is 18.0 Å². The van der Waals surface area contributed by atoms with Gasteiger partial charge in [-0.15, -0.1) is 0 Å². The monoisotopic (exact) mass is 292 g/mol. The van der Waals surface area contributed by atoms with E-state index in [4.69, 9.17) is 11.6 Å². The fourth-order valence-electron chi connectivity index (χ4n) is 3.28. The minimum Gasteiger partial charge on any atom is -0.370 e. The predicted molar refractivity (Wildman–Crippen MR) is 86.5 cm³/mol. The van der Waals surface area contributed by atoms with Crippen molar-refractivity contribution in [3.8, 4) is 0 Å². The number of rotatable bonds is 6. The Morgan fingerprint density at radius 2 is 2.15 bits per heavy atom. The fourth-order valence-corrected chi connectivity index (χ4v) is 3.59. The Balaban J connectivity index is 1.73. The van der Waals surface area contributed by atoms with Crippen LogP contribution in [0.25, 0.3) is 0 Å². The van der Waals surface area contributed by atoms with E-state index in [1.165, 1.54) is 49.9 Å². The summed E-state index contributed by atoms with van der Waals surface area (Å²) < 4.78 is 0. The molecule has 2 fully saturated rings. The molecule has 1 aromatic rings. The first-order chi connectivity index (χ1) is 9.78. The van der Waals surface area contributed by atoms with Crippen molar-refractivity contribution in [2.45, 2.75) is 51.6 Å². The number of hydrogen-bond acceptors (Lipinski definition) is 2. The Hall–Kier alpha value is -0.730. The normalized spacial score (nSPS) is 22.5. The van der Waals surface area contributed by atoms with Gasteiger partial charge in [-0.2, -0.15) is 0 Å². The lowest BCUT2D eigenvalue weighted by atomic mass is 10.0. The lowest BCUT2D eigenvalue weighted by Gasteiger charge is -2.24. The fraction of sp³-hybridized carbons (Fsp3) is 0.647. The molecule has 3 heteroatoms. The second-order valence-electron chi connectivity index (χ2n) is 6.29. The SMILES string of the molecule is CCCC1CCN(c2c(Cl)cccc2CNC2CC2)C1. The van der Waals surface area contributed by atoms with Crippen molar-refractivity contribution < 1.29 is 0 Å². The van der Waals surface area contributed by atoms with Crippen LogP contribution < -0.4 is 10.2 Å². The minimum absolute atomic E-state index is 0.744. The molecule has 1 saturated carbocycles. The topological polar surface area (TPSA) is 15.3 Å². The van der Waals surface area contributed by atoms with Crippen molar-refractivity contribution in [3.63, 3.8) is 0 Å². The number of nitrogens with one attached hydrogen (secondary N) is 1. The first-order valence-electron chi connectivity index (χ1n) is 8.03. The minimum atomic E-state index is 0.744. The van der Waals surface area contributed by atoms with Crippen molar-refractivity contribution in [2.24, 2.45) is 5.92 Å². The van der Waals surface area contributed by atoms with Crippen molar-refractivity contribution >= 4 is 17.3 Å². The number of halogens is 1. The van der Waals surface area contributed by atoms with E-state index in [1.807, 2.05) is 6.07 Å². The van der Waals surface area contributed by atoms with Crippen molar-refractivity contribution in [1.82, 2.24) is 5.32 Å². The van der Waals surface area contributed by atoms with E-state index in [9.17, 15) is 0 Å². The number of anilines is 1. The molecule has 110 valence electrons. The average Bonchev–Trinajstić information content (AvgIpc) is 3.16. The molecule has 1 saturated heterocycles. The zero-order valence-electron chi connectivity index (χ0n) is 12.4. The van der Waals surface area contributed by atoms with E-state index < -0.39 is 0 Å². The van der Waals surface area contributed by atoms with Crippen LogP contribution in [0.2, 0.25) is 5.02 Å². The highest BCUT2D eigenvalue weighted by Gasteiger charge is 2.26. The summed E-state index contributed by atoms with van der Waals surface area (Å²) in [6.07, 6.45) is 6.61. The number of benzene rings is 1. The molecule has 2 nitrogen and oxygen atoms in total. The van der Waals surface area contributed by atoms with Crippen LogP contribution in [-0.2, 0) is 6.54 Å². The van der Waals surface area contributed by atoms with Gasteiger partial charge in [-0.1, -0.05) is 37.1 Å². The molecule has 0 bridgehead atoms. The molecule has 1 heterocycles. The molecule has 0 spiro atoms. The first kappa shape index (κ1) is 14.2. The summed E-state index contributed by atoms with van der Waals surface area (Å²) in [5, 5.41) is 4.53. The molecule has 0 aromatic heterocycles. The molecule has 2 aliphatic rings. The average molecular weight is 293 g/mol. The van der Waals surface area contributed by atoms with E-state index in [-0.39, 0.29) is 0 Å². The summed E-state index contributed by atoms with van der Waals surface area (Å²) >= 11 is 6.50. The first-order valence-corrected chi connectivity index (χ1v) is 8.41. The van der Waals surface area contributed by atoms with Gasteiger partial charge in [0.25, 0.3) is 0 Å². The summed E-state index contributed by atoms with van der Waals surface area (Å²) in [5.74, 6) is 0.848. The van der Waals surface area contributed by atoms with E-state index in [0.717, 1.165) is 30.1 Å². The molecule has 3 rings (SSSR count). The Labute approximate surface area is 127 Å². The molecule has 1 aliphatic carbocycles. The van der Waals surface area contributed by atoms with E-state index >= 15 is 0 Å². The van der Waals surface area contributed by atoms with Crippen LogP contribution >= 0.6 is 11.6 Å². The third-order valence-corrected chi connectivity index (χ3v) is 4.83. The molecule has 0 radical (unpaired) electrons. The summed E-state index contributed by atoms with van der Waals surface area (Å²) in [6, 6.07) is 7.08. The highest BCUT2D eigenvalue weighted by atomic mass is 35.5. The molecule has 1 unspecified atom stereocenters. The molecule has 1 N–H and O–H groups in total. The van der Waals surface area contributed by atoms with E-state index in [0.29, 0.717) is 0 Å². The molecule has 1 aromatic carbocycles. The van der Waals surface area contributed by atoms with Crippen LogP contribution in [-0.4, -0.2) is 19.1 Å². The van der Waals surface area contributed by atoms with Gasteiger partial charge in [0, 0.05) is 25.7 Å². The van der Waals surface area contributed by atoms with Gasteiger partial charge in [0.1, 0.15) is 0 Å². The van der Waals surface area contributed by atoms with Crippen LogP contribution in [0.1, 0.15) is 44.6 Å². The Bertz CT molecular complexity index is 456. The van der Waals surface area contributed by atoms with E-state index in [1.54, 1.807) is 0 Å².